The molecule has 0 bridgehead atoms. The van der Waals surface area contributed by atoms with Gasteiger partial charge in [-0.05, 0) is 12.3 Å². The quantitative estimate of drug-likeness (QED) is 0.719. The smallest absolute Gasteiger partial charge is 0.311 e. The van der Waals surface area contributed by atoms with Crippen LogP contribution in [0.1, 0.15) is 41.0 Å². The van der Waals surface area contributed by atoms with Gasteiger partial charge >= 0.3 is 5.97 Å². The number of carbonyl (C=O) groups is 1. The molecular weight excluding hydrogens is 220 g/mol. The van der Waals surface area contributed by atoms with Crippen LogP contribution in [0.5, 0.6) is 0 Å². The third kappa shape index (κ3) is 3.19. The SMILES string of the molecule is C[C@@H]1[C@H](O)[C@@H](C)C(=O)O[C@H]1C[C@@H](O)C(C)(C)C. The zero-order valence-corrected chi connectivity index (χ0v) is 11.3. The first-order valence-corrected chi connectivity index (χ1v) is 6.21. The fraction of sp³-hybridized carbons (Fsp3) is 0.923. The number of rotatable bonds is 2. The number of esters is 1. The van der Waals surface area contributed by atoms with Crippen molar-refractivity contribution in [2.75, 3.05) is 0 Å². The molecule has 4 heteroatoms. The summed E-state index contributed by atoms with van der Waals surface area (Å²) >= 11 is 0. The molecule has 0 aromatic rings. The molecule has 4 nitrogen and oxygen atoms in total. The van der Waals surface area contributed by atoms with Crippen molar-refractivity contribution in [3.8, 4) is 0 Å². The van der Waals surface area contributed by atoms with Crippen LogP contribution in [0.15, 0.2) is 0 Å². The van der Waals surface area contributed by atoms with Gasteiger partial charge in [0.2, 0.25) is 0 Å². The Bertz CT molecular complexity index is 282. The third-order valence-corrected chi connectivity index (χ3v) is 3.73. The highest BCUT2D eigenvalue weighted by molar-refractivity contribution is 5.73. The summed E-state index contributed by atoms with van der Waals surface area (Å²) in [6, 6.07) is 0. The van der Waals surface area contributed by atoms with Crippen LogP contribution in [0.25, 0.3) is 0 Å². The van der Waals surface area contributed by atoms with E-state index in [0.717, 1.165) is 0 Å². The van der Waals surface area contributed by atoms with Crippen LogP contribution in [-0.2, 0) is 9.53 Å². The van der Waals surface area contributed by atoms with E-state index in [1.54, 1.807) is 6.92 Å². The Balaban J connectivity index is 2.69. The lowest BCUT2D eigenvalue weighted by Crippen LogP contribution is -2.48. The van der Waals surface area contributed by atoms with E-state index >= 15 is 0 Å². The van der Waals surface area contributed by atoms with Crippen molar-refractivity contribution in [2.24, 2.45) is 17.3 Å². The maximum absolute atomic E-state index is 11.5. The molecule has 1 aliphatic heterocycles. The molecule has 0 saturated carbocycles. The number of ether oxygens (including phenoxy) is 1. The Hall–Kier alpha value is -0.610. The largest absolute Gasteiger partial charge is 0.462 e. The molecule has 1 aliphatic rings. The van der Waals surface area contributed by atoms with Crippen molar-refractivity contribution in [1.29, 1.82) is 0 Å². The van der Waals surface area contributed by atoms with Crippen molar-refractivity contribution in [3.63, 3.8) is 0 Å². The van der Waals surface area contributed by atoms with E-state index in [-0.39, 0.29) is 17.3 Å². The van der Waals surface area contributed by atoms with E-state index in [9.17, 15) is 15.0 Å². The molecule has 0 radical (unpaired) electrons. The first kappa shape index (κ1) is 14.5. The normalized spacial score (nSPS) is 36.5. The topological polar surface area (TPSA) is 66.8 Å². The average Bonchev–Trinajstić information content (AvgIpc) is 2.21. The molecule has 0 aromatic carbocycles. The number of carbonyl (C=O) groups excluding carboxylic acids is 1. The average molecular weight is 244 g/mol. The zero-order valence-electron chi connectivity index (χ0n) is 11.3. The number of aliphatic hydroxyl groups is 2. The summed E-state index contributed by atoms with van der Waals surface area (Å²) in [5, 5.41) is 19.9. The molecule has 2 N–H and O–H groups in total. The van der Waals surface area contributed by atoms with Crippen molar-refractivity contribution >= 4 is 5.97 Å². The second kappa shape index (κ2) is 4.94. The minimum atomic E-state index is -0.687. The minimum absolute atomic E-state index is 0.139. The second-order valence-electron chi connectivity index (χ2n) is 6.23. The fourth-order valence-corrected chi connectivity index (χ4v) is 2.01. The molecule has 100 valence electrons. The van der Waals surface area contributed by atoms with Crippen molar-refractivity contribution in [1.82, 2.24) is 0 Å². The number of hydrogen-bond donors (Lipinski definition) is 2. The van der Waals surface area contributed by atoms with Gasteiger partial charge in [-0.25, -0.2) is 0 Å². The summed E-state index contributed by atoms with van der Waals surface area (Å²) in [6.07, 6.45) is -1.26. The van der Waals surface area contributed by atoms with Crippen LogP contribution in [0, 0.1) is 17.3 Å². The van der Waals surface area contributed by atoms with Crippen molar-refractivity contribution < 1.29 is 19.7 Å². The second-order valence-corrected chi connectivity index (χ2v) is 6.23. The summed E-state index contributed by atoms with van der Waals surface area (Å²) < 4.78 is 5.29. The summed E-state index contributed by atoms with van der Waals surface area (Å²) in [5.74, 6) is -0.991. The summed E-state index contributed by atoms with van der Waals surface area (Å²) in [6.45, 7) is 9.33. The van der Waals surface area contributed by atoms with Gasteiger partial charge in [0.25, 0.3) is 0 Å². The molecule has 0 amide bonds. The molecule has 0 aliphatic carbocycles. The standard InChI is InChI=1S/C13H24O4/c1-7-9(6-10(14)13(3,4)5)17-12(16)8(2)11(7)15/h7-11,14-15H,6H2,1-5H3/t7-,8+,9-,10+,11-/m0/s1. The molecule has 0 unspecified atom stereocenters. The number of aliphatic hydroxyl groups excluding tert-OH is 2. The van der Waals surface area contributed by atoms with Crippen LogP contribution in [0.2, 0.25) is 0 Å². The lowest BCUT2D eigenvalue weighted by Gasteiger charge is -2.39. The molecule has 1 fully saturated rings. The monoisotopic (exact) mass is 244 g/mol. The van der Waals surface area contributed by atoms with E-state index < -0.39 is 24.2 Å². The summed E-state index contributed by atoms with van der Waals surface area (Å²) in [7, 11) is 0. The minimum Gasteiger partial charge on any atom is -0.462 e. The maximum Gasteiger partial charge on any atom is 0.311 e. The van der Waals surface area contributed by atoms with Gasteiger partial charge < -0.3 is 14.9 Å². The molecule has 5 atom stereocenters. The van der Waals surface area contributed by atoms with Gasteiger partial charge in [0, 0.05) is 12.3 Å². The molecule has 1 saturated heterocycles. The predicted octanol–water partition coefficient (Wildman–Crippen LogP) is 1.34. The predicted molar refractivity (Wildman–Crippen MR) is 64.3 cm³/mol. The highest BCUT2D eigenvalue weighted by Gasteiger charge is 2.42. The van der Waals surface area contributed by atoms with Crippen molar-refractivity contribution in [3.05, 3.63) is 0 Å². The molecule has 1 rings (SSSR count). The van der Waals surface area contributed by atoms with E-state index in [0.29, 0.717) is 6.42 Å². The Morgan fingerprint density at radius 3 is 2.35 bits per heavy atom. The van der Waals surface area contributed by atoms with Gasteiger partial charge in [0.05, 0.1) is 18.1 Å². The van der Waals surface area contributed by atoms with Gasteiger partial charge in [-0.2, -0.15) is 0 Å². The van der Waals surface area contributed by atoms with Gasteiger partial charge in [0.15, 0.2) is 0 Å². The Morgan fingerprint density at radius 2 is 1.88 bits per heavy atom. The lowest BCUT2D eigenvalue weighted by atomic mass is 9.79. The van der Waals surface area contributed by atoms with Crippen LogP contribution in [0.4, 0.5) is 0 Å². The molecule has 17 heavy (non-hydrogen) atoms. The molecule has 0 aromatic heterocycles. The summed E-state index contributed by atoms with van der Waals surface area (Å²) in [5.41, 5.74) is -0.250. The van der Waals surface area contributed by atoms with Gasteiger partial charge in [-0.3, -0.25) is 4.79 Å². The van der Waals surface area contributed by atoms with Crippen LogP contribution >= 0.6 is 0 Å². The van der Waals surface area contributed by atoms with Crippen LogP contribution in [0.3, 0.4) is 0 Å². The van der Waals surface area contributed by atoms with Gasteiger partial charge in [-0.1, -0.05) is 27.7 Å². The van der Waals surface area contributed by atoms with Gasteiger partial charge in [-0.15, -0.1) is 0 Å². The number of hydrogen-bond acceptors (Lipinski definition) is 4. The molecule has 1 heterocycles. The van der Waals surface area contributed by atoms with E-state index in [1.165, 1.54) is 0 Å². The van der Waals surface area contributed by atoms with E-state index in [2.05, 4.69) is 0 Å². The first-order chi connectivity index (χ1) is 7.64. The van der Waals surface area contributed by atoms with E-state index in [1.807, 2.05) is 27.7 Å². The van der Waals surface area contributed by atoms with E-state index in [4.69, 9.17) is 4.74 Å². The van der Waals surface area contributed by atoms with Crippen LogP contribution in [-0.4, -0.2) is 34.5 Å². The Labute approximate surface area is 103 Å². The summed E-state index contributed by atoms with van der Waals surface area (Å²) in [4.78, 5) is 11.5. The van der Waals surface area contributed by atoms with Crippen molar-refractivity contribution in [2.45, 2.75) is 59.4 Å². The zero-order chi connectivity index (χ0) is 13.4. The third-order valence-electron chi connectivity index (χ3n) is 3.73. The van der Waals surface area contributed by atoms with Crippen LogP contribution < -0.4 is 0 Å². The first-order valence-electron chi connectivity index (χ1n) is 6.21. The molecule has 0 spiro atoms. The molecular formula is C13H24O4. The Kier molecular flexibility index (Phi) is 4.20. The van der Waals surface area contributed by atoms with Gasteiger partial charge in [0.1, 0.15) is 6.10 Å². The highest BCUT2D eigenvalue weighted by Crippen LogP contribution is 2.32. The lowest BCUT2D eigenvalue weighted by molar-refractivity contribution is -0.181. The number of cyclic esters (lactones) is 1. The Morgan fingerprint density at radius 1 is 1.35 bits per heavy atom. The maximum atomic E-state index is 11.5. The highest BCUT2D eigenvalue weighted by atomic mass is 16.5. The fourth-order valence-electron chi connectivity index (χ4n) is 2.01.